The molecule has 0 spiro atoms. The Bertz CT molecular complexity index is 1110. The van der Waals surface area contributed by atoms with Gasteiger partial charge in [0.25, 0.3) is 5.91 Å². The molecule has 0 aliphatic carbocycles. The second-order valence-corrected chi connectivity index (χ2v) is 9.59. The highest BCUT2D eigenvalue weighted by Crippen LogP contribution is 2.38. The van der Waals surface area contributed by atoms with Gasteiger partial charge in [-0.1, -0.05) is 18.2 Å². The van der Waals surface area contributed by atoms with Crippen molar-refractivity contribution in [3.63, 3.8) is 0 Å². The van der Waals surface area contributed by atoms with Gasteiger partial charge in [-0.25, -0.2) is 8.42 Å². The average Bonchev–Trinajstić information content (AvgIpc) is 3.03. The number of fused-ring (bicyclic) bond motifs is 1. The van der Waals surface area contributed by atoms with Crippen molar-refractivity contribution in [1.29, 1.82) is 0 Å². The Labute approximate surface area is 182 Å². The van der Waals surface area contributed by atoms with Crippen molar-refractivity contribution in [1.82, 2.24) is 4.90 Å². The van der Waals surface area contributed by atoms with Gasteiger partial charge in [-0.15, -0.1) is 0 Å². The molecule has 1 unspecified atom stereocenters. The van der Waals surface area contributed by atoms with Crippen molar-refractivity contribution >= 4 is 27.3 Å². The van der Waals surface area contributed by atoms with Gasteiger partial charge < -0.3 is 19.7 Å². The molecule has 9 heteroatoms. The average molecular weight is 447 g/mol. The molecule has 166 valence electrons. The molecule has 0 saturated heterocycles. The molecular weight excluding hydrogens is 420 g/mol. The Morgan fingerprint density at radius 1 is 1.23 bits per heavy atom. The van der Waals surface area contributed by atoms with E-state index in [1.165, 1.54) is 18.9 Å². The highest BCUT2D eigenvalue weighted by Gasteiger charge is 2.37. The maximum Gasteiger partial charge on any atom is 0.257 e. The molecule has 31 heavy (non-hydrogen) atoms. The standard InChI is InChI=1S/C22H26N2O6S/c1-5-30-20-11-15(9-10-19(20)29-3)18(13-31(4,27)28)24-12-16-7-6-8-17(23-14(2)25)21(16)22(24)26/h6-11,18H,5,12-13H2,1-4H3,(H,23,25). The Kier molecular flexibility index (Phi) is 6.54. The third kappa shape index (κ3) is 4.99. The van der Waals surface area contributed by atoms with Crippen LogP contribution in [0.1, 0.15) is 41.4 Å². The van der Waals surface area contributed by atoms with E-state index in [0.29, 0.717) is 34.9 Å². The summed E-state index contributed by atoms with van der Waals surface area (Å²) < 4.78 is 35.5. The number of benzene rings is 2. The fourth-order valence-electron chi connectivity index (χ4n) is 3.75. The van der Waals surface area contributed by atoms with E-state index in [4.69, 9.17) is 9.47 Å². The zero-order valence-electron chi connectivity index (χ0n) is 18.0. The summed E-state index contributed by atoms with van der Waals surface area (Å²) in [5.74, 6) is 0.127. The minimum atomic E-state index is -3.43. The number of methoxy groups -OCH3 is 1. The van der Waals surface area contributed by atoms with Crippen LogP contribution in [0.3, 0.4) is 0 Å². The molecule has 1 aliphatic rings. The third-order valence-corrected chi connectivity index (χ3v) is 5.91. The second-order valence-electron chi connectivity index (χ2n) is 7.41. The van der Waals surface area contributed by atoms with Gasteiger partial charge in [-0.3, -0.25) is 9.59 Å². The minimum absolute atomic E-state index is 0.234. The number of anilines is 1. The number of sulfone groups is 1. The van der Waals surface area contributed by atoms with E-state index < -0.39 is 15.9 Å². The van der Waals surface area contributed by atoms with E-state index in [9.17, 15) is 18.0 Å². The Morgan fingerprint density at radius 2 is 1.97 bits per heavy atom. The van der Waals surface area contributed by atoms with Crippen LogP contribution in [0, 0.1) is 0 Å². The predicted molar refractivity (Wildman–Crippen MR) is 117 cm³/mol. The summed E-state index contributed by atoms with van der Waals surface area (Å²) in [7, 11) is -1.90. The zero-order chi connectivity index (χ0) is 22.8. The van der Waals surface area contributed by atoms with Crippen LogP contribution in [0.2, 0.25) is 0 Å². The van der Waals surface area contributed by atoms with Crippen LogP contribution >= 0.6 is 0 Å². The number of rotatable bonds is 8. The zero-order valence-corrected chi connectivity index (χ0v) is 18.8. The molecule has 0 fully saturated rings. The fraction of sp³-hybridized carbons (Fsp3) is 0.364. The summed E-state index contributed by atoms with van der Waals surface area (Å²) >= 11 is 0. The summed E-state index contributed by atoms with van der Waals surface area (Å²) in [5.41, 5.74) is 2.15. The molecule has 1 N–H and O–H groups in total. The van der Waals surface area contributed by atoms with Gasteiger partial charge in [0.15, 0.2) is 11.5 Å². The molecular formula is C22H26N2O6S. The fourth-order valence-corrected chi connectivity index (χ4v) is 4.70. The van der Waals surface area contributed by atoms with Crippen LogP contribution in [0.5, 0.6) is 11.5 Å². The highest BCUT2D eigenvalue weighted by molar-refractivity contribution is 7.90. The van der Waals surface area contributed by atoms with E-state index in [1.807, 2.05) is 6.92 Å². The lowest BCUT2D eigenvalue weighted by molar-refractivity contribution is -0.114. The van der Waals surface area contributed by atoms with Gasteiger partial charge in [0.1, 0.15) is 9.84 Å². The van der Waals surface area contributed by atoms with Crippen molar-refractivity contribution in [2.24, 2.45) is 0 Å². The summed E-state index contributed by atoms with van der Waals surface area (Å²) in [5, 5.41) is 2.68. The molecule has 0 radical (unpaired) electrons. The molecule has 1 heterocycles. The first-order chi connectivity index (χ1) is 14.6. The quantitative estimate of drug-likeness (QED) is 0.669. The molecule has 2 aromatic carbocycles. The van der Waals surface area contributed by atoms with Crippen LogP contribution < -0.4 is 14.8 Å². The number of ether oxygens (including phenoxy) is 2. The van der Waals surface area contributed by atoms with Crippen LogP contribution in [0.15, 0.2) is 36.4 Å². The van der Waals surface area contributed by atoms with Crippen LogP contribution in [0.4, 0.5) is 5.69 Å². The molecule has 2 amide bonds. The molecule has 2 aromatic rings. The van der Waals surface area contributed by atoms with Gasteiger partial charge in [0.2, 0.25) is 5.91 Å². The lowest BCUT2D eigenvalue weighted by Gasteiger charge is -2.28. The van der Waals surface area contributed by atoms with Gasteiger partial charge in [0.05, 0.1) is 36.8 Å². The molecule has 0 aromatic heterocycles. The lowest BCUT2D eigenvalue weighted by Crippen LogP contribution is -2.34. The molecule has 3 rings (SSSR count). The second kappa shape index (κ2) is 8.97. The molecule has 8 nitrogen and oxygen atoms in total. The number of hydrogen-bond acceptors (Lipinski definition) is 6. The van der Waals surface area contributed by atoms with E-state index in [0.717, 1.165) is 11.8 Å². The molecule has 1 aliphatic heterocycles. The lowest BCUT2D eigenvalue weighted by atomic mass is 10.1. The van der Waals surface area contributed by atoms with E-state index in [1.54, 1.807) is 36.4 Å². The topological polar surface area (TPSA) is 102 Å². The summed E-state index contributed by atoms with van der Waals surface area (Å²) in [4.78, 5) is 26.4. The maximum atomic E-state index is 13.4. The highest BCUT2D eigenvalue weighted by atomic mass is 32.2. The summed E-state index contributed by atoms with van der Waals surface area (Å²) in [6.07, 6.45) is 1.14. The number of nitrogens with zero attached hydrogens (tertiary/aromatic N) is 1. The predicted octanol–water partition coefficient (Wildman–Crippen LogP) is 2.79. The first-order valence-electron chi connectivity index (χ1n) is 9.83. The van der Waals surface area contributed by atoms with Crippen LogP contribution in [-0.4, -0.2) is 50.9 Å². The molecule has 0 bridgehead atoms. The van der Waals surface area contributed by atoms with Crippen molar-refractivity contribution in [3.8, 4) is 11.5 Å². The number of carbonyl (C=O) groups excluding carboxylic acids is 2. The van der Waals surface area contributed by atoms with Gasteiger partial charge in [0, 0.05) is 19.7 Å². The number of amides is 2. The largest absolute Gasteiger partial charge is 0.493 e. The first-order valence-corrected chi connectivity index (χ1v) is 11.9. The van der Waals surface area contributed by atoms with E-state index in [2.05, 4.69) is 5.32 Å². The monoisotopic (exact) mass is 446 g/mol. The Balaban J connectivity index is 2.06. The van der Waals surface area contributed by atoms with Crippen LogP contribution in [0.25, 0.3) is 0 Å². The molecule has 1 atom stereocenters. The van der Waals surface area contributed by atoms with Crippen molar-refractivity contribution in [3.05, 3.63) is 53.1 Å². The maximum absolute atomic E-state index is 13.4. The van der Waals surface area contributed by atoms with Crippen molar-refractivity contribution in [2.45, 2.75) is 26.4 Å². The summed E-state index contributed by atoms with van der Waals surface area (Å²) in [6, 6.07) is 9.64. The molecule has 0 saturated carbocycles. The normalized spacial score (nSPS) is 14.2. The van der Waals surface area contributed by atoms with Crippen molar-refractivity contribution in [2.75, 3.05) is 31.0 Å². The van der Waals surface area contributed by atoms with E-state index in [-0.39, 0.29) is 24.1 Å². The number of hydrogen-bond donors (Lipinski definition) is 1. The first kappa shape index (κ1) is 22.6. The number of nitrogens with one attached hydrogen (secondary N) is 1. The Morgan fingerprint density at radius 3 is 2.58 bits per heavy atom. The third-order valence-electron chi connectivity index (χ3n) is 4.99. The summed E-state index contributed by atoms with van der Waals surface area (Å²) in [6.45, 7) is 3.85. The van der Waals surface area contributed by atoms with Crippen molar-refractivity contribution < 1.29 is 27.5 Å². The van der Waals surface area contributed by atoms with Gasteiger partial charge in [-0.2, -0.15) is 0 Å². The minimum Gasteiger partial charge on any atom is -0.493 e. The number of carbonyl (C=O) groups is 2. The van der Waals surface area contributed by atoms with Gasteiger partial charge >= 0.3 is 0 Å². The SMILES string of the molecule is CCOc1cc(C(CS(C)(=O)=O)N2Cc3cccc(NC(C)=O)c3C2=O)ccc1OC. The van der Waals surface area contributed by atoms with Crippen LogP contribution in [-0.2, 0) is 21.2 Å². The Hall–Kier alpha value is -3.07. The smallest absolute Gasteiger partial charge is 0.257 e. The van der Waals surface area contributed by atoms with Gasteiger partial charge in [-0.05, 0) is 36.2 Å². The van der Waals surface area contributed by atoms with E-state index >= 15 is 0 Å².